The third-order valence-corrected chi connectivity index (χ3v) is 9.91. The second-order valence-corrected chi connectivity index (χ2v) is 13.0. The fourth-order valence-electron chi connectivity index (χ4n) is 7.29. The van der Waals surface area contributed by atoms with Crippen molar-refractivity contribution in [2.75, 3.05) is 55.9 Å². The second kappa shape index (κ2) is 13.8. The van der Waals surface area contributed by atoms with Gasteiger partial charge in [-0.25, -0.2) is 14.4 Å². The van der Waals surface area contributed by atoms with Gasteiger partial charge in [0, 0.05) is 50.5 Å². The Morgan fingerprint density at radius 1 is 1.10 bits per heavy atom. The van der Waals surface area contributed by atoms with Gasteiger partial charge >= 0.3 is 0 Å². The van der Waals surface area contributed by atoms with Crippen LogP contribution in [0.1, 0.15) is 72.4 Å². The molecule has 4 aromatic rings. The first-order valence-corrected chi connectivity index (χ1v) is 17.0. The number of methoxy groups -OCH3 is 1. The summed E-state index contributed by atoms with van der Waals surface area (Å²) in [6, 6.07) is 12.7. The number of halogens is 1. The van der Waals surface area contributed by atoms with Crippen LogP contribution in [0.15, 0.2) is 48.9 Å². The molecule has 3 aliphatic rings. The van der Waals surface area contributed by atoms with E-state index in [4.69, 9.17) is 9.72 Å². The molecule has 0 spiro atoms. The maximum Gasteiger partial charge on any atom is 0.258 e. The highest BCUT2D eigenvalue weighted by Crippen LogP contribution is 2.44. The normalized spacial score (nSPS) is 18.1. The fourth-order valence-corrected chi connectivity index (χ4v) is 7.29. The molecule has 49 heavy (non-hydrogen) atoms. The Balaban J connectivity index is 1.11. The lowest BCUT2D eigenvalue weighted by molar-refractivity contribution is 0.102. The van der Waals surface area contributed by atoms with Gasteiger partial charge in [0.05, 0.1) is 36.3 Å². The molecule has 4 heterocycles. The van der Waals surface area contributed by atoms with Crippen molar-refractivity contribution in [3.05, 3.63) is 77.3 Å². The molecule has 1 saturated heterocycles. The highest BCUT2D eigenvalue weighted by atomic mass is 19.1. The van der Waals surface area contributed by atoms with Crippen molar-refractivity contribution in [3.63, 3.8) is 0 Å². The highest BCUT2D eigenvalue weighted by Gasteiger charge is 2.39. The van der Waals surface area contributed by atoms with Gasteiger partial charge in [-0.2, -0.15) is 10.2 Å². The zero-order valence-corrected chi connectivity index (χ0v) is 28.1. The molecule has 1 amide bonds. The van der Waals surface area contributed by atoms with E-state index in [1.54, 1.807) is 12.5 Å². The van der Waals surface area contributed by atoms with Gasteiger partial charge in [-0.15, -0.1) is 0 Å². The number of piperazine rings is 1. The number of carbonyl (C=O) groups is 1. The first kappa shape index (κ1) is 32.5. The van der Waals surface area contributed by atoms with E-state index < -0.39 is 11.7 Å². The minimum Gasteiger partial charge on any atom is -0.495 e. The number of nitrogens with one attached hydrogen (secondary N) is 2. The van der Waals surface area contributed by atoms with E-state index in [1.807, 2.05) is 28.8 Å². The van der Waals surface area contributed by atoms with Gasteiger partial charge in [0.1, 0.15) is 29.7 Å². The molecule has 12 nitrogen and oxygen atoms in total. The molecule has 1 atom stereocenters. The van der Waals surface area contributed by atoms with Crippen molar-refractivity contribution < 1.29 is 13.9 Å². The molecular weight excluding hydrogens is 623 g/mol. The summed E-state index contributed by atoms with van der Waals surface area (Å²) in [5.41, 5.74) is 3.88. The molecule has 7 rings (SSSR count). The van der Waals surface area contributed by atoms with Crippen LogP contribution in [0.3, 0.4) is 0 Å². The van der Waals surface area contributed by atoms with E-state index in [0.717, 1.165) is 87.6 Å². The molecule has 0 radical (unpaired) electrons. The van der Waals surface area contributed by atoms with E-state index in [-0.39, 0.29) is 35.0 Å². The number of fused-ring (bicyclic) bond motifs is 3. The number of benzene rings is 2. The number of nitrogens with zero attached hydrogens (tertiary/aromatic N) is 8. The average molecular weight is 665 g/mol. The second-order valence-electron chi connectivity index (χ2n) is 13.0. The number of anilines is 4. The molecule has 13 heteroatoms. The summed E-state index contributed by atoms with van der Waals surface area (Å²) in [5, 5.41) is 15.8. The lowest BCUT2D eigenvalue weighted by Crippen LogP contribution is -2.43. The average Bonchev–Trinajstić information content (AvgIpc) is 3.80. The summed E-state index contributed by atoms with van der Waals surface area (Å²) in [4.78, 5) is 34.1. The van der Waals surface area contributed by atoms with E-state index in [9.17, 15) is 10.1 Å². The Labute approximate surface area is 285 Å². The standard InChI is InChI=1S/C36H41FN10O2/c1-4-30-33-29(19-38)40-22-46(33)31-20-39-36(43-34(31)47(30)25-7-5-6-8-25)42-28-18-27(37)26(17-32(28)49-3)35(48)41-24-11-9-23(10-12-24)21-45-15-13-44(2)14-16-45/h9-12,17-18,20,22,25,30H,4-8,13-16,21H2,1-3H3,(H,41,48)(H,39,42,43)/t30-/m1/s1. The van der Waals surface area contributed by atoms with Crippen molar-refractivity contribution in [1.82, 2.24) is 29.3 Å². The summed E-state index contributed by atoms with van der Waals surface area (Å²) in [7, 11) is 3.60. The Hall–Kier alpha value is -5.06. The molecule has 254 valence electrons. The van der Waals surface area contributed by atoms with Gasteiger partial charge in [0.25, 0.3) is 5.91 Å². The van der Waals surface area contributed by atoms with Crippen LogP contribution in [0.2, 0.25) is 0 Å². The molecule has 0 unspecified atom stereocenters. The lowest BCUT2D eigenvalue weighted by atomic mass is 10.0. The predicted octanol–water partition coefficient (Wildman–Crippen LogP) is 5.64. The quantitative estimate of drug-likeness (QED) is 0.232. The molecule has 1 aliphatic carbocycles. The van der Waals surface area contributed by atoms with Crippen molar-refractivity contribution in [3.8, 4) is 17.5 Å². The van der Waals surface area contributed by atoms with Gasteiger partial charge in [-0.05, 0) is 50.1 Å². The third-order valence-electron chi connectivity index (χ3n) is 9.91. The Morgan fingerprint density at radius 3 is 2.55 bits per heavy atom. The van der Waals surface area contributed by atoms with Crippen LogP contribution in [0.5, 0.6) is 5.75 Å². The summed E-state index contributed by atoms with van der Waals surface area (Å²) >= 11 is 0. The molecular formula is C36H41FN10O2. The zero-order valence-electron chi connectivity index (χ0n) is 28.1. The maximum absolute atomic E-state index is 15.6. The van der Waals surface area contributed by atoms with Crippen LogP contribution in [0.25, 0.3) is 5.69 Å². The zero-order chi connectivity index (χ0) is 34.1. The van der Waals surface area contributed by atoms with Crippen LogP contribution in [-0.2, 0) is 6.54 Å². The van der Waals surface area contributed by atoms with Crippen LogP contribution in [0.4, 0.5) is 27.5 Å². The maximum atomic E-state index is 15.6. The number of nitriles is 1. The summed E-state index contributed by atoms with van der Waals surface area (Å²) in [6.07, 6.45) is 8.45. The highest BCUT2D eigenvalue weighted by molar-refractivity contribution is 6.05. The van der Waals surface area contributed by atoms with E-state index in [0.29, 0.717) is 11.4 Å². The number of imidazole rings is 1. The Kier molecular flexibility index (Phi) is 9.16. The Bertz CT molecular complexity index is 1870. The van der Waals surface area contributed by atoms with Crippen LogP contribution >= 0.6 is 0 Å². The van der Waals surface area contributed by atoms with Crippen molar-refractivity contribution in [1.29, 1.82) is 5.26 Å². The fraction of sp³-hybridized carbons (Fsp3) is 0.417. The predicted molar refractivity (Wildman–Crippen MR) is 185 cm³/mol. The number of amides is 1. The molecule has 2 aromatic carbocycles. The molecule has 2 N–H and O–H groups in total. The SMILES string of the molecule is CC[C@@H]1c2c(C#N)ncn2-c2cnc(Nc3cc(F)c(C(=O)Nc4ccc(CN5CCN(C)CC5)cc4)cc3OC)nc2N1C1CCCC1. The van der Waals surface area contributed by atoms with Crippen LogP contribution < -0.4 is 20.3 Å². The topological polar surface area (TPSA) is 127 Å². The molecule has 2 aromatic heterocycles. The minimum absolute atomic E-state index is 0.0755. The lowest BCUT2D eigenvalue weighted by Gasteiger charge is -2.41. The van der Waals surface area contributed by atoms with Gasteiger partial charge in [-0.3, -0.25) is 14.3 Å². The van der Waals surface area contributed by atoms with Gasteiger partial charge in [-0.1, -0.05) is 31.9 Å². The van der Waals surface area contributed by atoms with Gasteiger partial charge in [0.15, 0.2) is 11.5 Å². The van der Waals surface area contributed by atoms with Crippen LogP contribution in [-0.4, -0.2) is 81.6 Å². The number of carbonyl (C=O) groups excluding carboxylic acids is 1. The number of hydrogen-bond acceptors (Lipinski definition) is 10. The van der Waals surface area contributed by atoms with Crippen molar-refractivity contribution >= 4 is 29.0 Å². The Morgan fingerprint density at radius 2 is 1.86 bits per heavy atom. The van der Waals surface area contributed by atoms with E-state index >= 15 is 4.39 Å². The van der Waals surface area contributed by atoms with Gasteiger partial charge in [0.2, 0.25) is 5.95 Å². The van der Waals surface area contributed by atoms with E-state index in [1.165, 1.54) is 19.2 Å². The third kappa shape index (κ3) is 6.41. The molecule has 2 aliphatic heterocycles. The summed E-state index contributed by atoms with van der Waals surface area (Å²) in [5.74, 6) is -0.0334. The van der Waals surface area contributed by atoms with Crippen molar-refractivity contribution in [2.45, 2.75) is 57.7 Å². The smallest absolute Gasteiger partial charge is 0.258 e. The summed E-state index contributed by atoms with van der Waals surface area (Å²) < 4.78 is 23.1. The van der Waals surface area contributed by atoms with E-state index in [2.05, 4.69) is 55.3 Å². The minimum atomic E-state index is -0.712. The summed E-state index contributed by atoms with van der Waals surface area (Å²) in [6.45, 7) is 7.10. The number of aromatic nitrogens is 4. The largest absolute Gasteiger partial charge is 0.495 e. The first-order chi connectivity index (χ1) is 23.9. The molecule has 2 fully saturated rings. The van der Waals surface area contributed by atoms with Crippen molar-refractivity contribution in [2.24, 2.45) is 0 Å². The van der Waals surface area contributed by atoms with Crippen LogP contribution in [0, 0.1) is 17.1 Å². The number of ether oxygens (including phenoxy) is 1. The number of likely N-dealkylation sites (N-methyl/N-ethyl adjacent to an activating group) is 1. The van der Waals surface area contributed by atoms with Gasteiger partial charge < -0.3 is 25.2 Å². The molecule has 1 saturated carbocycles. The number of rotatable bonds is 9. The number of hydrogen-bond donors (Lipinski definition) is 2. The monoisotopic (exact) mass is 664 g/mol. The first-order valence-electron chi connectivity index (χ1n) is 17.0. The molecule has 0 bridgehead atoms.